The van der Waals surface area contributed by atoms with E-state index in [4.69, 9.17) is 33.2 Å². The van der Waals surface area contributed by atoms with Crippen LogP contribution in [0.2, 0.25) is 0 Å². The summed E-state index contributed by atoms with van der Waals surface area (Å²) in [7, 11) is 1.38. The maximum absolute atomic E-state index is 11.7. The van der Waals surface area contributed by atoms with Gasteiger partial charge in [-0.3, -0.25) is 14.4 Å². The molecule has 4 N–H and O–H groups in total. The Labute approximate surface area is 229 Å². The van der Waals surface area contributed by atoms with Crippen LogP contribution in [-0.2, 0) is 38.1 Å². The Kier molecular flexibility index (Phi) is 11.0. The molecule has 10 atom stereocenters. The lowest BCUT2D eigenvalue weighted by Gasteiger charge is -2.43. The zero-order valence-corrected chi connectivity index (χ0v) is 22.3. The number of carbonyl (C=O) groups is 3. The van der Waals surface area contributed by atoms with Gasteiger partial charge in [-0.2, -0.15) is 0 Å². The van der Waals surface area contributed by atoms with E-state index in [2.05, 4.69) is 0 Å². The first kappa shape index (κ1) is 31.4. The van der Waals surface area contributed by atoms with Crippen molar-refractivity contribution >= 4 is 24.3 Å². The first-order valence-corrected chi connectivity index (χ1v) is 12.4. The summed E-state index contributed by atoms with van der Waals surface area (Å²) in [6, 6.07) is 4.69. The monoisotopic (exact) mass is 570 g/mol. The minimum absolute atomic E-state index is 0.135. The number of carbonyl (C=O) groups excluding carboxylic acids is 3. The number of hydrogen-bond donors (Lipinski definition) is 4. The van der Waals surface area contributed by atoms with Crippen LogP contribution in [0.5, 0.6) is 11.5 Å². The zero-order valence-electron chi connectivity index (χ0n) is 22.3. The fourth-order valence-electron chi connectivity index (χ4n) is 4.26. The molecular formula is C26H34O14. The molecule has 0 amide bonds. The molecular weight excluding hydrogens is 536 g/mol. The van der Waals surface area contributed by atoms with Crippen molar-refractivity contribution in [1.29, 1.82) is 0 Å². The highest BCUT2D eigenvalue weighted by atomic mass is 16.7. The summed E-state index contributed by atoms with van der Waals surface area (Å²) in [6.45, 7) is 3.26. The molecule has 2 saturated heterocycles. The molecule has 10 unspecified atom stereocenters. The van der Waals surface area contributed by atoms with E-state index < -0.39 is 80.0 Å². The number of rotatable bonds is 10. The van der Waals surface area contributed by atoms with Gasteiger partial charge in [0.1, 0.15) is 36.8 Å². The summed E-state index contributed by atoms with van der Waals surface area (Å²) in [4.78, 5) is 33.9. The molecule has 2 heterocycles. The van der Waals surface area contributed by atoms with Crippen molar-refractivity contribution in [3.8, 4) is 11.5 Å². The first-order chi connectivity index (χ1) is 19.0. The van der Waals surface area contributed by atoms with E-state index in [0.29, 0.717) is 11.8 Å². The van der Waals surface area contributed by atoms with Crippen molar-refractivity contribution < 1.29 is 68.0 Å². The van der Waals surface area contributed by atoms with E-state index in [-0.39, 0.29) is 11.5 Å². The molecule has 3 rings (SSSR count). The second kappa shape index (κ2) is 14.0. The molecule has 2 aliphatic heterocycles. The molecule has 0 spiro atoms. The summed E-state index contributed by atoms with van der Waals surface area (Å²) in [5.41, 5.74) is 0.629. The van der Waals surface area contributed by atoms with Gasteiger partial charge >= 0.3 is 11.9 Å². The Morgan fingerprint density at radius 1 is 0.900 bits per heavy atom. The highest BCUT2D eigenvalue weighted by molar-refractivity contribution is 5.74. The molecule has 14 nitrogen and oxygen atoms in total. The highest BCUT2D eigenvalue weighted by Crippen LogP contribution is 2.33. The Morgan fingerprint density at radius 2 is 1.57 bits per heavy atom. The fraction of sp³-hybridized carbons (Fsp3) is 0.577. The lowest BCUT2D eigenvalue weighted by molar-refractivity contribution is -0.320. The smallest absolute Gasteiger partial charge is 0.303 e. The first-order valence-electron chi connectivity index (χ1n) is 12.4. The molecule has 0 radical (unpaired) electrons. The Balaban J connectivity index is 1.76. The molecule has 40 heavy (non-hydrogen) atoms. The standard InChI is InChI=1S/C26H34O14/c1-12-19(30)23(37-13(2)28)24(38-14(3)29)26(36-12)35-11-18-20(31)21(32)22(33)25(40-18)39-16-8-7-15(6-5-9-27)10-17(16)34-4/h5-10,12,18-26,30-33H,11H2,1-4H3. The van der Waals surface area contributed by atoms with Crippen molar-refractivity contribution in [3.05, 3.63) is 29.8 Å². The maximum Gasteiger partial charge on any atom is 0.303 e. The molecule has 1 aromatic rings. The molecule has 0 aromatic heterocycles. The Hall–Kier alpha value is -3.11. The van der Waals surface area contributed by atoms with Gasteiger partial charge in [0, 0.05) is 13.8 Å². The number of benzene rings is 1. The van der Waals surface area contributed by atoms with Gasteiger partial charge < -0.3 is 53.6 Å². The second-order valence-electron chi connectivity index (χ2n) is 9.22. The van der Waals surface area contributed by atoms with Gasteiger partial charge in [-0.1, -0.05) is 12.1 Å². The van der Waals surface area contributed by atoms with Crippen LogP contribution in [0.15, 0.2) is 24.3 Å². The number of aldehydes is 1. The van der Waals surface area contributed by atoms with Gasteiger partial charge in [-0.25, -0.2) is 0 Å². The van der Waals surface area contributed by atoms with Gasteiger partial charge in [0.05, 0.1) is 19.8 Å². The lowest BCUT2D eigenvalue weighted by Crippen LogP contribution is -2.62. The van der Waals surface area contributed by atoms with Crippen molar-refractivity contribution in [2.75, 3.05) is 13.7 Å². The van der Waals surface area contributed by atoms with Crippen LogP contribution in [0, 0.1) is 0 Å². The lowest BCUT2D eigenvalue weighted by atomic mass is 9.98. The Bertz CT molecular complexity index is 1060. The predicted molar refractivity (Wildman–Crippen MR) is 133 cm³/mol. The number of methoxy groups -OCH3 is 1. The van der Waals surface area contributed by atoms with Gasteiger partial charge in [0.25, 0.3) is 0 Å². The van der Waals surface area contributed by atoms with E-state index in [9.17, 15) is 34.8 Å². The van der Waals surface area contributed by atoms with E-state index in [0.717, 1.165) is 13.8 Å². The minimum atomic E-state index is -1.71. The fourth-order valence-corrected chi connectivity index (χ4v) is 4.26. The summed E-state index contributed by atoms with van der Waals surface area (Å²) < 4.78 is 38.5. The summed E-state index contributed by atoms with van der Waals surface area (Å²) in [5, 5.41) is 42.0. The third kappa shape index (κ3) is 7.54. The van der Waals surface area contributed by atoms with Crippen LogP contribution < -0.4 is 9.47 Å². The van der Waals surface area contributed by atoms with Crippen LogP contribution in [-0.4, -0.2) is 114 Å². The number of allylic oxidation sites excluding steroid dienone is 1. The average molecular weight is 571 g/mol. The summed E-state index contributed by atoms with van der Waals surface area (Å²) >= 11 is 0. The number of esters is 2. The predicted octanol–water partition coefficient (Wildman–Crippen LogP) is -0.921. The SMILES string of the molecule is COc1cc(C=CC=O)ccc1OC1OC(COC2OC(C)C(O)C(OC(C)=O)C2OC(C)=O)C(O)C(O)C1O. The van der Waals surface area contributed by atoms with Gasteiger partial charge in [0.2, 0.25) is 6.29 Å². The van der Waals surface area contributed by atoms with Gasteiger partial charge in [-0.05, 0) is 30.7 Å². The molecule has 14 heteroatoms. The van der Waals surface area contributed by atoms with Gasteiger partial charge in [0.15, 0.2) is 30.0 Å². The zero-order chi connectivity index (χ0) is 29.6. The molecule has 2 aliphatic rings. The van der Waals surface area contributed by atoms with Crippen molar-refractivity contribution in [2.45, 2.75) is 82.2 Å². The normalized spacial score (nSPS) is 34.2. The van der Waals surface area contributed by atoms with Crippen molar-refractivity contribution in [1.82, 2.24) is 0 Å². The topological polar surface area (TPSA) is 197 Å². The minimum Gasteiger partial charge on any atom is -0.493 e. The number of aliphatic hydroxyl groups excluding tert-OH is 4. The van der Waals surface area contributed by atoms with Gasteiger partial charge in [-0.15, -0.1) is 0 Å². The third-order valence-electron chi connectivity index (χ3n) is 6.25. The average Bonchev–Trinajstić information content (AvgIpc) is 2.91. The Morgan fingerprint density at radius 3 is 2.20 bits per heavy atom. The molecule has 1 aromatic carbocycles. The van der Waals surface area contributed by atoms with Crippen LogP contribution in [0.4, 0.5) is 0 Å². The molecule has 0 aliphatic carbocycles. The van der Waals surface area contributed by atoms with E-state index >= 15 is 0 Å². The maximum atomic E-state index is 11.7. The van der Waals surface area contributed by atoms with Crippen LogP contribution in [0.25, 0.3) is 6.08 Å². The molecule has 2 fully saturated rings. The van der Waals surface area contributed by atoms with E-state index in [1.165, 1.54) is 26.2 Å². The third-order valence-corrected chi connectivity index (χ3v) is 6.25. The summed E-state index contributed by atoms with van der Waals surface area (Å²) in [6.07, 6.45) is -10.6. The van der Waals surface area contributed by atoms with E-state index in [1.54, 1.807) is 18.2 Å². The quantitative estimate of drug-likeness (QED) is 0.153. The van der Waals surface area contributed by atoms with Crippen LogP contribution >= 0.6 is 0 Å². The number of hydrogen-bond acceptors (Lipinski definition) is 14. The number of aliphatic hydroxyl groups is 4. The van der Waals surface area contributed by atoms with E-state index in [1.807, 2.05) is 0 Å². The van der Waals surface area contributed by atoms with Crippen molar-refractivity contribution in [2.24, 2.45) is 0 Å². The van der Waals surface area contributed by atoms with Crippen LogP contribution in [0.3, 0.4) is 0 Å². The largest absolute Gasteiger partial charge is 0.493 e. The van der Waals surface area contributed by atoms with Crippen molar-refractivity contribution in [3.63, 3.8) is 0 Å². The number of ether oxygens (including phenoxy) is 7. The van der Waals surface area contributed by atoms with Crippen LogP contribution in [0.1, 0.15) is 26.3 Å². The molecule has 222 valence electrons. The summed E-state index contributed by atoms with van der Waals surface area (Å²) in [5.74, 6) is -1.12. The molecule has 0 saturated carbocycles. The highest BCUT2D eigenvalue weighted by Gasteiger charge is 2.50. The molecule has 0 bridgehead atoms. The second-order valence-corrected chi connectivity index (χ2v) is 9.22.